The van der Waals surface area contributed by atoms with Gasteiger partial charge in [-0.1, -0.05) is 0 Å². The van der Waals surface area contributed by atoms with E-state index in [4.69, 9.17) is 0 Å². The van der Waals surface area contributed by atoms with E-state index in [-0.39, 0.29) is 17.9 Å². The van der Waals surface area contributed by atoms with Crippen LogP contribution in [0.15, 0.2) is 4.79 Å². The van der Waals surface area contributed by atoms with Gasteiger partial charge in [-0.15, -0.1) is 0 Å². The zero-order valence-corrected chi connectivity index (χ0v) is 9.30. The normalized spacial score (nSPS) is 14.3. The minimum Gasteiger partial charge on any atom is -0.359 e. The van der Waals surface area contributed by atoms with E-state index in [2.05, 4.69) is 15.5 Å². The van der Waals surface area contributed by atoms with Gasteiger partial charge >= 0.3 is 0 Å². The number of likely N-dealkylation sites (N-methyl/N-ethyl adjacent to an activating group) is 1. The molecule has 1 amide bonds. The van der Waals surface area contributed by atoms with Gasteiger partial charge in [-0.3, -0.25) is 9.59 Å². The molecule has 2 rings (SSSR count). The number of rotatable bonds is 2. The van der Waals surface area contributed by atoms with Crippen molar-refractivity contribution in [2.24, 2.45) is 0 Å². The van der Waals surface area contributed by atoms with Gasteiger partial charge in [-0.2, -0.15) is 5.10 Å². The number of fused-ring (bicyclic) bond motifs is 1. The second-order valence-corrected chi connectivity index (χ2v) is 4.01. The number of nitrogens with zero attached hydrogens (tertiary/aromatic N) is 1. The molecule has 0 saturated heterocycles. The van der Waals surface area contributed by atoms with Crippen LogP contribution in [0.2, 0.25) is 0 Å². The van der Waals surface area contributed by atoms with Crippen LogP contribution in [-0.4, -0.2) is 23.2 Å². The molecule has 2 N–H and O–H groups in total. The lowest BCUT2D eigenvalue weighted by Crippen LogP contribution is -2.27. The van der Waals surface area contributed by atoms with Crippen LogP contribution in [0.3, 0.4) is 0 Å². The van der Waals surface area contributed by atoms with Crippen LogP contribution in [-0.2, 0) is 24.1 Å². The van der Waals surface area contributed by atoms with Crippen molar-refractivity contribution in [3.05, 3.63) is 27.2 Å². The van der Waals surface area contributed by atoms with E-state index in [0.717, 1.165) is 36.8 Å². The summed E-state index contributed by atoms with van der Waals surface area (Å²) >= 11 is 0. The smallest absolute Gasteiger partial charge is 0.267 e. The van der Waals surface area contributed by atoms with Gasteiger partial charge in [0, 0.05) is 12.6 Å². The number of aromatic nitrogens is 2. The first-order valence-electron chi connectivity index (χ1n) is 5.52. The van der Waals surface area contributed by atoms with Crippen LogP contribution in [0.25, 0.3) is 0 Å². The first kappa shape index (κ1) is 10.9. The minimum absolute atomic E-state index is 0.0766. The van der Waals surface area contributed by atoms with E-state index >= 15 is 0 Å². The number of aromatic amines is 1. The van der Waals surface area contributed by atoms with Gasteiger partial charge in [0.05, 0.1) is 12.1 Å². The maximum absolute atomic E-state index is 11.6. The molecule has 1 aliphatic carbocycles. The van der Waals surface area contributed by atoms with Crippen molar-refractivity contribution in [3.63, 3.8) is 0 Å². The average Bonchev–Trinajstić information content (AvgIpc) is 2.33. The summed E-state index contributed by atoms with van der Waals surface area (Å²) in [5, 5.41) is 9.02. The Balaban J connectivity index is 2.39. The van der Waals surface area contributed by atoms with Crippen molar-refractivity contribution in [2.75, 3.05) is 7.05 Å². The molecule has 0 spiro atoms. The molecule has 0 saturated carbocycles. The van der Waals surface area contributed by atoms with Crippen molar-refractivity contribution in [1.82, 2.24) is 15.5 Å². The van der Waals surface area contributed by atoms with Crippen molar-refractivity contribution in [3.8, 4) is 0 Å². The Bertz CT molecular complexity index is 465. The van der Waals surface area contributed by atoms with Crippen molar-refractivity contribution in [2.45, 2.75) is 32.1 Å². The standard InChI is InChI=1S/C11H15N3O2/c1-12-10(15)6-9-7-4-2-3-5-8(7)11(16)14-13-9/h2-6H2,1H3,(H,12,15)(H,14,16). The SMILES string of the molecule is CNC(=O)Cc1n[nH]c(=O)c2c1CCCC2. The molecule has 0 aromatic carbocycles. The summed E-state index contributed by atoms with van der Waals surface area (Å²) in [6, 6.07) is 0. The Morgan fingerprint density at radius 3 is 2.75 bits per heavy atom. The number of nitrogens with one attached hydrogen (secondary N) is 2. The van der Waals surface area contributed by atoms with E-state index in [1.165, 1.54) is 0 Å². The third-order valence-electron chi connectivity index (χ3n) is 2.99. The summed E-state index contributed by atoms with van der Waals surface area (Å²) in [5.41, 5.74) is 2.42. The molecule has 0 unspecified atom stereocenters. The first-order valence-corrected chi connectivity index (χ1v) is 5.52. The lowest BCUT2D eigenvalue weighted by molar-refractivity contribution is -0.120. The van der Waals surface area contributed by atoms with Crippen LogP contribution in [0.4, 0.5) is 0 Å². The molecule has 1 aromatic heterocycles. The second kappa shape index (κ2) is 4.47. The molecular weight excluding hydrogens is 206 g/mol. The van der Waals surface area contributed by atoms with E-state index < -0.39 is 0 Å². The zero-order chi connectivity index (χ0) is 11.5. The summed E-state index contributed by atoms with van der Waals surface area (Å²) in [7, 11) is 1.60. The third-order valence-corrected chi connectivity index (χ3v) is 2.99. The number of carbonyl (C=O) groups excluding carboxylic acids is 1. The largest absolute Gasteiger partial charge is 0.359 e. The number of amides is 1. The van der Waals surface area contributed by atoms with Crippen molar-refractivity contribution >= 4 is 5.91 Å². The first-order chi connectivity index (χ1) is 7.72. The molecule has 5 nitrogen and oxygen atoms in total. The Hall–Kier alpha value is -1.65. The average molecular weight is 221 g/mol. The van der Waals surface area contributed by atoms with Gasteiger partial charge in [0.25, 0.3) is 5.56 Å². The third kappa shape index (κ3) is 1.98. The molecule has 0 atom stereocenters. The number of H-pyrrole nitrogens is 1. The van der Waals surface area contributed by atoms with Crippen molar-refractivity contribution < 1.29 is 4.79 Å². The van der Waals surface area contributed by atoms with Gasteiger partial charge in [0.1, 0.15) is 0 Å². The Kier molecular flexibility index (Phi) is 3.03. The van der Waals surface area contributed by atoms with Crippen LogP contribution in [0.1, 0.15) is 29.7 Å². The summed E-state index contributed by atoms with van der Waals surface area (Å²) in [6.07, 6.45) is 4.01. The van der Waals surface area contributed by atoms with Gasteiger partial charge in [-0.05, 0) is 31.2 Å². The Morgan fingerprint density at radius 1 is 1.38 bits per heavy atom. The highest BCUT2D eigenvalue weighted by molar-refractivity contribution is 5.78. The quantitative estimate of drug-likeness (QED) is 0.734. The zero-order valence-electron chi connectivity index (χ0n) is 9.30. The molecule has 1 aliphatic rings. The fraction of sp³-hybridized carbons (Fsp3) is 0.545. The molecule has 0 aliphatic heterocycles. The molecule has 1 heterocycles. The summed E-state index contributed by atoms with van der Waals surface area (Å²) < 4.78 is 0. The van der Waals surface area contributed by atoms with Crippen LogP contribution < -0.4 is 10.9 Å². The van der Waals surface area contributed by atoms with E-state index in [9.17, 15) is 9.59 Å². The maximum atomic E-state index is 11.6. The van der Waals surface area contributed by atoms with Gasteiger partial charge in [0.2, 0.25) is 5.91 Å². The molecule has 0 bridgehead atoms. The lowest BCUT2D eigenvalue weighted by atomic mass is 9.91. The molecule has 5 heteroatoms. The molecule has 0 fully saturated rings. The molecule has 86 valence electrons. The van der Waals surface area contributed by atoms with E-state index in [1.54, 1.807) is 7.05 Å². The van der Waals surface area contributed by atoms with Gasteiger partial charge < -0.3 is 5.32 Å². The topological polar surface area (TPSA) is 74.8 Å². The fourth-order valence-corrected chi connectivity index (χ4v) is 2.11. The highest BCUT2D eigenvalue weighted by atomic mass is 16.1. The van der Waals surface area contributed by atoms with Crippen LogP contribution >= 0.6 is 0 Å². The predicted molar refractivity (Wildman–Crippen MR) is 59.3 cm³/mol. The van der Waals surface area contributed by atoms with Gasteiger partial charge in [-0.25, -0.2) is 5.10 Å². The summed E-state index contributed by atoms with van der Waals surface area (Å²) in [6.45, 7) is 0. The van der Waals surface area contributed by atoms with Crippen LogP contribution in [0, 0.1) is 0 Å². The van der Waals surface area contributed by atoms with Crippen LogP contribution in [0.5, 0.6) is 0 Å². The van der Waals surface area contributed by atoms with E-state index in [0.29, 0.717) is 5.69 Å². The van der Waals surface area contributed by atoms with E-state index in [1.807, 2.05) is 0 Å². The highest BCUT2D eigenvalue weighted by Gasteiger charge is 2.18. The number of hydrogen-bond acceptors (Lipinski definition) is 3. The Morgan fingerprint density at radius 2 is 2.06 bits per heavy atom. The lowest BCUT2D eigenvalue weighted by Gasteiger charge is -2.16. The minimum atomic E-state index is -0.102. The predicted octanol–water partition coefficient (Wildman–Crippen LogP) is -0.0628. The molecule has 1 aromatic rings. The fourth-order valence-electron chi connectivity index (χ4n) is 2.11. The second-order valence-electron chi connectivity index (χ2n) is 4.01. The van der Waals surface area contributed by atoms with Crippen molar-refractivity contribution in [1.29, 1.82) is 0 Å². The molecule has 16 heavy (non-hydrogen) atoms. The Labute approximate surface area is 93.3 Å². The number of carbonyl (C=O) groups is 1. The van der Waals surface area contributed by atoms with Gasteiger partial charge in [0.15, 0.2) is 0 Å². The monoisotopic (exact) mass is 221 g/mol. The number of hydrogen-bond donors (Lipinski definition) is 2. The molecule has 0 radical (unpaired) electrons. The summed E-state index contributed by atoms with van der Waals surface area (Å²) in [4.78, 5) is 22.9. The highest BCUT2D eigenvalue weighted by Crippen LogP contribution is 2.20. The summed E-state index contributed by atoms with van der Waals surface area (Å²) in [5.74, 6) is -0.0766. The molecular formula is C11H15N3O2. The maximum Gasteiger partial charge on any atom is 0.267 e.